The molecule has 2 aromatic rings. The summed E-state index contributed by atoms with van der Waals surface area (Å²) in [6, 6.07) is 6.48. The predicted octanol–water partition coefficient (Wildman–Crippen LogP) is 6.18. The number of para-hydroxylation sites is 1. The average molecular weight is 1000 g/mol. The van der Waals surface area contributed by atoms with Crippen molar-refractivity contribution in [1.29, 1.82) is 0 Å². The van der Waals surface area contributed by atoms with E-state index in [2.05, 4.69) is 55.2 Å². The maximum absolute atomic E-state index is 12.6. The number of hydrogen-bond donors (Lipinski definition) is 5. The number of rotatable bonds is 15. The van der Waals surface area contributed by atoms with Gasteiger partial charge in [0.1, 0.15) is 18.1 Å². The van der Waals surface area contributed by atoms with E-state index in [0.29, 0.717) is 73.1 Å². The second-order valence-electron chi connectivity index (χ2n) is 17.7. The van der Waals surface area contributed by atoms with Gasteiger partial charge in [-0.15, -0.1) is 26.2 Å². The molecule has 1 spiro atoms. The second-order valence-corrected chi connectivity index (χ2v) is 17.7. The van der Waals surface area contributed by atoms with E-state index in [0.717, 1.165) is 133 Å². The Labute approximate surface area is 365 Å². The molecule has 4 saturated heterocycles. The van der Waals surface area contributed by atoms with Crippen LogP contribution in [0.3, 0.4) is 0 Å². The molecular formula is C44H64N10O5Os-2. The first-order valence-electron chi connectivity index (χ1n) is 22.2. The molecule has 6 aliphatic rings. The van der Waals surface area contributed by atoms with Gasteiger partial charge in [-0.2, -0.15) is 4.98 Å². The van der Waals surface area contributed by atoms with Crippen molar-refractivity contribution in [1.82, 2.24) is 20.2 Å². The third kappa shape index (κ3) is 11.7. The molecule has 3 atom stereocenters. The molecule has 330 valence electrons. The number of nitrogens with zero attached hydrogens (tertiary/aromatic N) is 5. The molecule has 1 aromatic carbocycles. The van der Waals surface area contributed by atoms with Crippen molar-refractivity contribution in [2.75, 3.05) is 67.6 Å². The van der Waals surface area contributed by atoms with E-state index in [1.807, 2.05) is 30.3 Å². The molecule has 0 bridgehead atoms. The number of nitrogens with one attached hydrogen (secondary N) is 5. The predicted molar refractivity (Wildman–Crippen MR) is 229 cm³/mol. The minimum atomic E-state index is -0.403. The van der Waals surface area contributed by atoms with Gasteiger partial charge in [0.15, 0.2) is 0 Å². The zero-order valence-electron chi connectivity index (χ0n) is 35.4. The summed E-state index contributed by atoms with van der Waals surface area (Å²) in [6.45, 7) is 7.90. The molecule has 8 rings (SSSR count). The Morgan fingerprint density at radius 3 is 2.37 bits per heavy atom. The van der Waals surface area contributed by atoms with Crippen LogP contribution in [0.1, 0.15) is 114 Å². The van der Waals surface area contributed by atoms with E-state index in [-0.39, 0.29) is 17.2 Å². The van der Waals surface area contributed by atoms with E-state index in [9.17, 15) is 19.2 Å². The van der Waals surface area contributed by atoms with Gasteiger partial charge in [-0.05, 0) is 81.8 Å². The Bertz CT molecular complexity index is 1780. The summed E-state index contributed by atoms with van der Waals surface area (Å²) in [5.41, 5.74) is 4.10. The van der Waals surface area contributed by atoms with Crippen molar-refractivity contribution < 1.29 is 41.3 Å². The van der Waals surface area contributed by atoms with Gasteiger partial charge in [-0.25, -0.2) is 4.98 Å². The quantitative estimate of drug-likeness (QED) is 0.0775. The fourth-order valence-corrected chi connectivity index (χ4v) is 9.27. The van der Waals surface area contributed by atoms with E-state index in [1.54, 1.807) is 0 Å². The zero-order valence-corrected chi connectivity index (χ0v) is 37.9. The number of carbonyl (C=O) groups is 4. The van der Waals surface area contributed by atoms with Crippen LogP contribution in [-0.4, -0.2) is 103 Å². The van der Waals surface area contributed by atoms with Gasteiger partial charge < -0.3 is 41.6 Å². The topological polar surface area (TPSA) is 203 Å². The molecule has 0 radical (unpaired) electrons. The Morgan fingerprint density at radius 1 is 0.967 bits per heavy atom. The van der Waals surface area contributed by atoms with E-state index in [4.69, 9.17) is 8.52 Å². The summed E-state index contributed by atoms with van der Waals surface area (Å²) >= 11 is 0.611. The van der Waals surface area contributed by atoms with Crippen LogP contribution >= 0.6 is 0 Å². The van der Waals surface area contributed by atoms with Crippen LogP contribution in [0.2, 0.25) is 0 Å². The number of likely N-dealkylation sites (tertiary alicyclic amines) is 1. The second kappa shape index (κ2) is 21.8. The number of aromatic nitrogens is 2. The van der Waals surface area contributed by atoms with E-state index in [1.165, 1.54) is 24.8 Å². The van der Waals surface area contributed by atoms with Crippen LogP contribution in [-0.2, 0) is 53.1 Å². The van der Waals surface area contributed by atoms with Gasteiger partial charge in [0.05, 0.1) is 16.8 Å². The Balaban J connectivity index is 0.000000200. The molecule has 16 heteroatoms. The number of aldehydes is 1. The number of hydrogen-bond acceptors (Lipinski definition) is 11. The molecule has 3 amide bonds. The normalized spacial score (nSPS) is 24.1. The minimum absolute atomic E-state index is 0.211. The van der Waals surface area contributed by atoms with Crippen molar-refractivity contribution in [2.45, 2.75) is 133 Å². The van der Waals surface area contributed by atoms with Crippen molar-refractivity contribution in [3.63, 3.8) is 0 Å². The number of imide groups is 1. The third-order valence-corrected chi connectivity index (χ3v) is 13.5. The van der Waals surface area contributed by atoms with Crippen molar-refractivity contribution in [3.8, 4) is 0 Å². The molecule has 3 unspecified atom stereocenters. The SMILES string of the molecule is CC1CCCC1Nc1nc(NC2CC[N-]CC2)ncc1C1(C=O)CC1.CNc1c(CCCCCC(=O)N2CCC3(CC2)C[N-]C3)cccc1NC1CCC(=O)NC1=O.[O]=[Os]. The number of aryl methyl sites for hydroxylation is 1. The van der Waals surface area contributed by atoms with Gasteiger partial charge in [0, 0.05) is 56.8 Å². The number of anilines is 4. The van der Waals surface area contributed by atoms with Crippen molar-refractivity contribution in [2.24, 2.45) is 11.3 Å². The number of carbonyl (C=O) groups excluding carboxylic acids is 4. The maximum atomic E-state index is 12.6. The first-order chi connectivity index (χ1) is 29.2. The number of piperidine rings is 3. The summed E-state index contributed by atoms with van der Waals surface area (Å²) in [7, 11) is 1.88. The summed E-state index contributed by atoms with van der Waals surface area (Å²) in [5.74, 6) is 2.00. The first-order valence-corrected chi connectivity index (χ1v) is 23.2. The van der Waals surface area contributed by atoms with E-state index >= 15 is 0 Å². The van der Waals surface area contributed by atoms with E-state index < -0.39 is 6.04 Å². The molecule has 15 nitrogen and oxygen atoms in total. The number of benzene rings is 1. The van der Waals surface area contributed by atoms with Crippen LogP contribution in [0, 0.1) is 11.3 Å². The van der Waals surface area contributed by atoms with Crippen LogP contribution < -0.4 is 26.6 Å². The first kappa shape index (κ1) is 45.7. The van der Waals surface area contributed by atoms with Crippen LogP contribution in [0.15, 0.2) is 24.4 Å². The third-order valence-electron chi connectivity index (χ3n) is 13.5. The standard InChI is InChI=1S/C25H36N5O3.C19H28N5O.O.Os/c1-26-23-18(7-5-8-19(23)28-20-10-11-21(31)29-24(20)33)6-3-2-4-9-22(32)30-14-12-25(13-15-30)16-27-17-25;1-13-3-2-4-16(13)23-17-15(19(12-25)7-8-19)11-21-18(24-17)22-14-5-9-20-10-6-14;;/h5,7-8,20,26,28H,2-4,6,9-17H2,1H3,(H,29,31,33);11-14,16H,2-10H2,1H3,(H2,21,22,23,24);;/q2*-1;;. The molecule has 4 aliphatic heterocycles. The summed E-state index contributed by atoms with van der Waals surface area (Å²) in [6.07, 6.45) is 18.1. The number of amides is 3. The van der Waals surface area contributed by atoms with Crippen LogP contribution in [0.25, 0.3) is 10.6 Å². The molecule has 60 heavy (non-hydrogen) atoms. The molecule has 6 fully saturated rings. The fraction of sp³-hybridized carbons (Fsp3) is 0.682. The molecule has 2 aliphatic carbocycles. The molecule has 5 N–H and O–H groups in total. The Hall–Kier alpha value is -3.86. The molecular weight excluding hydrogens is 939 g/mol. The molecule has 1 aromatic heterocycles. The summed E-state index contributed by atoms with van der Waals surface area (Å²) < 4.78 is 8.28. The molecule has 5 heterocycles. The number of unbranched alkanes of at least 4 members (excludes halogenated alkanes) is 2. The average Bonchev–Trinajstić information content (AvgIpc) is 3.96. The Kier molecular flexibility index (Phi) is 16.6. The van der Waals surface area contributed by atoms with Gasteiger partial charge in [0.25, 0.3) is 0 Å². The van der Waals surface area contributed by atoms with Gasteiger partial charge in [0.2, 0.25) is 23.7 Å². The summed E-state index contributed by atoms with van der Waals surface area (Å²) in [4.78, 5) is 59.1. The Morgan fingerprint density at radius 2 is 1.73 bits per heavy atom. The van der Waals surface area contributed by atoms with Crippen LogP contribution in [0.5, 0.6) is 0 Å². The van der Waals surface area contributed by atoms with Gasteiger partial charge >= 0.3 is 22.1 Å². The fourth-order valence-electron chi connectivity index (χ4n) is 9.27. The van der Waals surface area contributed by atoms with Gasteiger partial charge in [-0.3, -0.25) is 19.7 Å². The van der Waals surface area contributed by atoms with Crippen LogP contribution in [0.4, 0.5) is 23.1 Å². The van der Waals surface area contributed by atoms with Gasteiger partial charge in [-0.1, -0.05) is 50.2 Å². The van der Waals surface area contributed by atoms with Crippen molar-refractivity contribution in [3.05, 3.63) is 46.2 Å². The van der Waals surface area contributed by atoms with Crippen molar-refractivity contribution >= 4 is 47.1 Å². The zero-order chi connectivity index (χ0) is 42.5. The summed E-state index contributed by atoms with van der Waals surface area (Å²) in [5, 5.41) is 24.8. The monoisotopic (exact) mass is 1000 g/mol. The molecule has 2 saturated carbocycles.